The standard InChI is InChI=1S/C20H25Br/c1-5-6-15-7-9-16(10-8-15)19(21)17-11-13-18(14-12-17)20(2,3)4/h7-14,19H,5-6H2,1-4H3. The van der Waals surface area contributed by atoms with Crippen LogP contribution in [0.2, 0.25) is 0 Å². The Morgan fingerprint density at radius 2 is 1.33 bits per heavy atom. The molecule has 0 saturated carbocycles. The minimum atomic E-state index is 0.210. The molecule has 0 aliphatic rings. The second kappa shape index (κ2) is 6.79. The highest BCUT2D eigenvalue weighted by Gasteiger charge is 2.15. The molecule has 0 heterocycles. The molecule has 2 rings (SSSR count). The number of hydrogen-bond acceptors (Lipinski definition) is 0. The predicted molar refractivity (Wildman–Crippen MR) is 96.3 cm³/mol. The number of benzene rings is 2. The number of alkyl halides is 1. The molecule has 1 heteroatoms. The van der Waals surface area contributed by atoms with Crippen molar-refractivity contribution in [2.45, 2.75) is 50.8 Å². The molecule has 0 nitrogen and oxygen atoms in total. The number of hydrogen-bond donors (Lipinski definition) is 0. The van der Waals surface area contributed by atoms with Crippen molar-refractivity contribution >= 4 is 15.9 Å². The fourth-order valence-corrected chi connectivity index (χ4v) is 3.10. The summed E-state index contributed by atoms with van der Waals surface area (Å²) in [6.07, 6.45) is 2.36. The Kier molecular flexibility index (Phi) is 5.27. The van der Waals surface area contributed by atoms with Gasteiger partial charge >= 0.3 is 0 Å². The molecule has 0 aliphatic carbocycles. The topological polar surface area (TPSA) is 0 Å². The largest absolute Gasteiger partial charge is 0.0786 e. The summed E-state index contributed by atoms with van der Waals surface area (Å²) >= 11 is 3.83. The molecule has 0 bridgehead atoms. The number of halogens is 1. The molecule has 0 aromatic heterocycles. The van der Waals surface area contributed by atoms with E-state index < -0.39 is 0 Å². The van der Waals surface area contributed by atoms with E-state index in [1.807, 2.05) is 0 Å². The van der Waals surface area contributed by atoms with Gasteiger partial charge < -0.3 is 0 Å². The van der Waals surface area contributed by atoms with Gasteiger partial charge in [-0.15, -0.1) is 0 Å². The minimum Gasteiger partial charge on any atom is -0.0786 e. The van der Waals surface area contributed by atoms with E-state index in [9.17, 15) is 0 Å². The summed E-state index contributed by atoms with van der Waals surface area (Å²) in [5, 5.41) is 0. The Balaban J connectivity index is 2.17. The molecule has 2 aromatic rings. The highest BCUT2D eigenvalue weighted by Crippen LogP contribution is 2.32. The summed E-state index contributed by atoms with van der Waals surface area (Å²) in [6, 6.07) is 17.9. The zero-order valence-electron chi connectivity index (χ0n) is 13.5. The molecule has 0 aliphatic heterocycles. The Bertz CT molecular complexity index is 558. The fraction of sp³-hybridized carbons (Fsp3) is 0.400. The van der Waals surface area contributed by atoms with Gasteiger partial charge in [-0.25, -0.2) is 0 Å². The molecular weight excluding hydrogens is 320 g/mol. The first kappa shape index (κ1) is 16.3. The first-order valence-electron chi connectivity index (χ1n) is 7.75. The highest BCUT2D eigenvalue weighted by molar-refractivity contribution is 9.09. The van der Waals surface area contributed by atoms with E-state index in [1.54, 1.807) is 0 Å². The minimum absolute atomic E-state index is 0.210. The summed E-state index contributed by atoms with van der Waals surface area (Å²) in [7, 11) is 0. The van der Waals surface area contributed by atoms with Gasteiger partial charge in [0, 0.05) is 0 Å². The van der Waals surface area contributed by atoms with Gasteiger partial charge in [0.1, 0.15) is 0 Å². The van der Waals surface area contributed by atoms with Crippen LogP contribution >= 0.6 is 15.9 Å². The average molecular weight is 345 g/mol. The Morgan fingerprint density at radius 3 is 1.76 bits per heavy atom. The van der Waals surface area contributed by atoms with Crippen molar-refractivity contribution in [1.29, 1.82) is 0 Å². The van der Waals surface area contributed by atoms with Crippen molar-refractivity contribution < 1.29 is 0 Å². The molecule has 1 unspecified atom stereocenters. The molecule has 112 valence electrons. The third kappa shape index (κ3) is 4.20. The maximum absolute atomic E-state index is 3.83. The quantitative estimate of drug-likeness (QED) is 0.561. The molecule has 0 saturated heterocycles. The number of rotatable bonds is 4. The summed E-state index contributed by atoms with van der Waals surface area (Å²) in [5.74, 6) is 0. The van der Waals surface area contributed by atoms with Crippen LogP contribution in [0.25, 0.3) is 0 Å². The van der Waals surface area contributed by atoms with Crippen LogP contribution in [-0.4, -0.2) is 0 Å². The molecule has 0 radical (unpaired) electrons. The number of aryl methyl sites for hydroxylation is 1. The second-order valence-electron chi connectivity index (χ2n) is 6.73. The predicted octanol–water partition coefficient (Wildman–Crippen LogP) is 6.42. The Morgan fingerprint density at radius 1 is 0.857 bits per heavy atom. The van der Waals surface area contributed by atoms with E-state index in [-0.39, 0.29) is 10.2 Å². The van der Waals surface area contributed by atoms with Crippen LogP contribution < -0.4 is 0 Å². The molecule has 0 fully saturated rings. The van der Waals surface area contributed by atoms with Gasteiger partial charge in [-0.2, -0.15) is 0 Å². The van der Waals surface area contributed by atoms with Crippen molar-refractivity contribution in [2.75, 3.05) is 0 Å². The van der Waals surface area contributed by atoms with Crippen molar-refractivity contribution in [2.24, 2.45) is 0 Å². The Labute approximate surface area is 137 Å². The van der Waals surface area contributed by atoms with E-state index in [0.29, 0.717) is 0 Å². The molecular formula is C20H25Br. The third-order valence-corrected chi connectivity index (χ3v) is 4.94. The zero-order valence-corrected chi connectivity index (χ0v) is 15.1. The van der Waals surface area contributed by atoms with E-state index in [4.69, 9.17) is 0 Å². The van der Waals surface area contributed by atoms with Crippen LogP contribution in [0.1, 0.15) is 61.2 Å². The van der Waals surface area contributed by atoms with Gasteiger partial charge in [0.25, 0.3) is 0 Å². The summed E-state index contributed by atoms with van der Waals surface area (Å²) in [6.45, 7) is 8.97. The summed E-state index contributed by atoms with van der Waals surface area (Å²) in [5.41, 5.74) is 5.64. The van der Waals surface area contributed by atoms with Gasteiger partial charge in [0.2, 0.25) is 0 Å². The van der Waals surface area contributed by atoms with Crippen LogP contribution in [0.5, 0.6) is 0 Å². The average Bonchev–Trinajstić information content (AvgIpc) is 2.47. The lowest BCUT2D eigenvalue weighted by atomic mass is 9.86. The monoisotopic (exact) mass is 344 g/mol. The van der Waals surface area contributed by atoms with Crippen molar-refractivity contribution in [3.63, 3.8) is 0 Å². The Hall–Kier alpha value is -1.08. The second-order valence-corrected chi connectivity index (χ2v) is 7.64. The van der Waals surface area contributed by atoms with Crippen LogP contribution in [0.3, 0.4) is 0 Å². The molecule has 21 heavy (non-hydrogen) atoms. The van der Waals surface area contributed by atoms with E-state index in [2.05, 4.69) is 92.2 Å². The van der Waals surface area contributed by atoms with Crippen LogP contribution in [-0.2, 0) is 11.8 Å². The molecule has 0 spiro atoms. The van der Waals surface area contributed by atoms with Gasteiger partial charge in [-0.1, -0.05) is 98.6 Å². The maximum Gasteiger partial charge on any atom is 0.0644 e. The first-order valence-corrected chi connectivity index (χ1v) is 8.66. The first-order chi connectivity index (χ1) is 9.91. The zero-order chi connectivity index (χ0) is 15.5. The molecule has 0 N–H and O–H groups in total. The van der Waals surface area contributed by atoms with E-state index >= 15 is 0 Å². The van der Waals surface area contributed by atoms with Gasteiger partial charge in [-0.3, -0.25) is 0 Å². The van der Waals surface area contributed by atoms with Gasteiger partial charge in [0.05, 0.1) is 4.83 Å². The van der Waals surface area contributed by atoms with Crippen LogP contribution in [0.15, 0.2) is 48.5 Å². The van der Waals surface area contributed by atoms with Crippen LogP contribution in [0.4, 0.5) is 0 Å². The SMILES string of the molecule is CCCc1ccc(C(Br)c2ccc(C(C)(C)C)cc2)cc1. The fourth-order valence-electron chi connectivity index (χ4n) is 2.49. The van der Waals surface area contributed by atoms with E-state index in [1.165, 1.54) is 28.7 Å². The van der Waals surface area contributed by atoms with E-state index in [0.717, 1.165) is 6.42 Å². The van der Waals surface area contributed by atoms with Crippen LogP contribution in [0, 0.1) is 0 Å². The summed E-state index contributed by atoms with van der Waals surface area (Å²) < 4.78 is 0. The van der Waals surface area contributed by atoms with Gasteiger partial charge in [0.15, 0.2) is 0 Å². The third-order valence-electron chi connectivity index (χ3n) is 3.88. The van der Waals surface area contributed by atoms with Crippen molar-refractivity contribution in [3.8, 4) is 0 Å². The maximum atomic E-state index is 3.83. The van der Waals surface area contributed by atoms with Gasteiger partial charge in [-0.05, 0) is 34.1 Å². The lowest BCUT2D eigenvalue weighted by Gasteiger charge is -2.20. The molecule has 2 aromatic carbocycles. The normalized spacial score (nSPS) is 13.2. The summed E-state index contributed by atoms with van der Waals surface area (Å²) in [4.78, 5) is 0.266. The molecule has 1 atom stereocenters. The smallest absolute Gasteiger partial charge is 0.0644 e. The lowest BCUT2D eigenvalue weighted by molar-refractivity contribution is 0.590. The van der Waals surface area contributed by atoms with Crippen molar-refractivity contribution in [1.82, 2.24) is 0 Å². The van der Waals surface area contributed by atoms with Crippen molar-refractivity contribution in [3.05, 3.63) is 70.8 Å². The molecule has 0 amide bonds. The lowest BCUT2D eigenvalue weighted by Crippen LogP contribution is -2.10. The highest BCUT2D eigenvalue weighted by atomic mass is 79.9.